The van der Waals surface area contributed by atoms with Crippen molar-refractivity contribution in [1.29, 1.82) is 0 Å². The van der Waals surface area contributed by atoms with Crippen LogP contribution in [0.3, 0.4) is 0 Å². The van der Waals surface area contributed by atoms with Crippen molar-refractivity contribution in [3.05, 3.63) is 22.4 Å². The lowest BCUT2D eigenvalue weighted by Gasteiger charge is -2.34. The summed E-state index contributed by atoms with van der Waals surface area (Å²) in [7, 11) is 0. The van der Waals surface area contributed by atoms with Gasteiger partial charge in [0.15, 0.2) is 0 Å². The Kier molecular flexibility index (Phi) is 5.76. The van der Waals surface area contributed by atoms with Gasteiger partial charge in [-0.1, -0.05) is 6.07 Å². The molecule has 2 N–H and O–H groups in total. The van der Waals surface area contributed by atoms with Gasteiger partial charge in [0.1, 0.15) is 0 Å². The molecule has 5 nitrogen and oxygen atoms in total. The third-order valence-electron chi connectivity index (χ3n) is 3.70. The number of hydrogen-bond acceptors (Lipinski definition) is 4. The van der Waals surface area contributed by atoms with Crippen LogP contribution < -0.4 is 5.73 Å². The van der Waals surface area contributed by atoms with Crippen LogP contribution in [0.25, 0.3) is 0 Å². The van der Waals surface area contributed by atoms with Crippen LogP contribution in [0.4, 0.5) is 0 Å². The molecule has 1 aliphatic rings. The quantitative estimate of drug-likeness (QED) is 0.897. The maximum absolute atomic E-state index is 12.2. The van der Waals surface area contributed by atoms with E-state index in [0.29, 0.717) is 32.6 Å². The lowest BCUT2D eigenvalue weighted by Crippen LogP contribution is -2.50. The maximum atomic E-state index is 12.2. The molecule has 1 fully saturated rings. The Morgan fingerprint density at radius 2 is 1.95 bits per heavy atom. The normalized spacial score (nSPS) is 16.9. The van der Waals surface area contributed by atoms with Gasteiger partial charge in [-0.2, -0.15) is 0 Å². The minimum absolute atomic E-state index is 0.0778. The molecule has 0 spiro atoms. The molecule has 21 heavy (non-hydrogen) atoms. The highest BCUT2D eigenvalue weighted by Gasteiger charge is 2.24. The summed E-state index contributed by atoms with van der Waals surface area (Å²) in [6, 6.07) is 3.88. The average Bonchev–Trinajstić information content (AvgIpc) is 3.00. The lowest BCUT2D eigenvalue weighted by atomic mass is 10.1. The Bertz CT molecular complexity index is 465. The second-order valence-electron chi connectivity index (χ2n) is 5.52. The molecule has 0 aromatic carbocycles. The summed E-state index contributed by atoms with van der Waals surface area (Å²) in [6.45, 7) is 4.47. The number of rotatable bonds is 5. The van der Waals surface area contributed by atoms with E-state index in [9.17, 15) is 9.59 Å². The Hall–Kier alpha value is -1.40. The van der Waals surface area contributed by atoms with E-state index in [2.05, 4.69) is 0 Å². The SMILES string of the molecule is CC(N)CCCC(=O)N1CCN(C(=O)c2cccs2)CC1. The standard InChI is InChI=1S/C15H23N3O2S/c1-12(16)4-2-6-14(19)17-7-9-18(10-8-17)15(20)13-5-3-11-21-13/h3,5,11-12H,2,4,6-10,16H2,1H3. The van der Waals surface area contributed by atoms with Crippen LogP contribution in [-0.4, -0.2) is 53.8 Å². The van der Waals surface area contributed by atoms with Gasteiger partial charge in [-0.15, -0.1) is 11.3 Å². The van der Waals surface area contributed by atoms with Crippen molar-refractivity contribution in [1.82, 2.24) is 9.80 Å². The number of nitrogens with zero attached hydrogens (tertiary/aromatic N) is 2. The maximum Gasteiger partial charge on any atom is 0.264 e. The number of hydrogen-bond donors (Lipinski definition) is 1. The fourth-order valence-electron chi connectivity index (χ4n) is 2.45. The Morgan fingerprint density at radius 1 is 1.29 bits per heavy atom. The van der Waals surface area contributed by atoms with E-state index in [1.165, 1.54) is 11.3 Å². The summed E-state index contributed by atoms with van der Waals surface area (Å²) in [5.41, 5.74) is 5.69. The zero-order valence-corrected chi connectivity index (χ0v) is 13.3. The molecule has 1 atom stereocenters. The van der Waals surface area contributed by atoms with E-state index in [1.807, 2.05) is 34.2 Å². The molecule has 1 aromatic heterocycles. The van der Waals surface area contributed by atoms with Crippen LogP contribution in [0.15, 0.2) is 17.5 Å². The Labute approximate surface area is 129 Å². The van der Waals surface area contributed by atoms with E-state index in [-0.39, 0.29) is 17.9 Å². The van der Waals surface area contributed by atoms with Crippen molar-refractivity contribution < 1.29 is 9.59 Å². The summed E-state index contributed by atoms with van der Waals surface area (Å²) in [6.07, 6.45) is 2.27. The number of amides is 2. The third kappa shape index (κ3) is 4.54. The molecule has 2 amide bonds. The highest BCUT2D eigenvalue weighted by atomic mass is 32.1. The molecule has 0 saturated carbocycles. The van der Waals surface area contributed by atoms with Gasteiger partial charge in [0.05, 0.1) is 4.88 Å². The van der Waals surface area contributed by atoms with Gasteiger partial charge >= 0.3 is 0 Å². The van der Waals surface area contributed by atoms with Gasteiger partial charge in [0.25, 0.3) is 5.91 Å². The third-order valence-corrected chi connectivity index (χ3v) is 4.56. The predicted molar refractivity (Wildman–Crippen MR) is 84.3 cm³/mol. The Morgan fingerprint density at radius 3 is 2.52 bits per heavy atom. The molecule has 2 rings (SSSR count). The molecule has 1 aromatic rings. The summed E-state index contributed by atoms with van der Waals surface area (Å²) in [5, 5.41) is 1.91. The van der Waals surface area contributed by atoms with Crippen LogP contribution in [0.2, 0.25) is 0 Å². The van der Waals surface area contributed by atoms with Gasteiger partial charge < -0.3 is 15.5 Å². The van der Waals surface area contributed by atoms with Gasteiger partial charge in [0, 0.05) is 38.6 Å². The molecule has 1 unspecified atom stereocenters. The molecule has 0 bridgehead atoms. The minimum atomic E-state index is 0.0778. The zero-order valence-electron chi connectivity index (χ0n) is 12.5. The fraction of sp³-hybridized carbons (Fsp3) is 0.600. The minimum Gasteiger partial charge on any atom is -0.339 e. The number of nitrogens with two attached hydrogens (primary N) is 1. The van der Waals surface area contributed by atoms with Gasteiger partial charge in [0.2, 0.25) is 5.91 Å². The van der Waals surface area contributed by atoms with Crippen LogP contribution in [0, 0.1) is 0 Å². The van der Waals surface area contributed by atoms with E-state index in [0.717, 1.165) is 17.7 Å². The monoisotopic (exact) mass is 309 g/mol. The first-order chi connectivity index (χ1) is 10.1. The molecule has 6 heteroatoms. The van der Waals surface area contributed by atoms with Crippen molar-refractivity contribution in [2.24, 2.45) is 5.73 Å². The number of carbonyl (C=O) groups is 2. The van der Waals surface area contributed by atoms with E-state index in [1.54, 1.807) is 0 Å². The lowest BCUT2D eigenvalue weighted by molar-refractivity contribution is -0.132. The van der Waals surface area contributed by atoms with Crippen LogP contribution in [0.1, 0.15) is 35.9 Å². The number of piperazine rings is 1. The topological polar surface area (TPSA) is 66.6 Å². The molecule has 1 aliphatic heterocycles. The molecule has 116 valence electrons. The van der Waals surface area contributed by atoms with Crippen molar-refractivity contribution in [2.45, 2.75) is 32.2 Å². The number of carbonyl (C=O) groups excluding carboxylic acids is 2. The summed E-state index contributed by atoms with van der Waals surface area (Å²) < 4.78 is 0. The first-order valence-electron chi connectivity index (χ1n) is 7.44. The van der Waals surface area contributed by atoms with E-state index >= 15 is 0 Å². The molecular formula is C15H23N3O2S. The van der Waals surface area contributed by atoms with Crippen molar-refractivity contribution in [2.75, 3.05) is 26.2 Å². The van der Waals surface area contributed by atoms with E-state index < -0.39 is 0 Å². The number of thiophene rings is 1. The van der Waals surface area contributed by atoms with Crippen molar-refractivity contribution in [3.8, 4) is 0 Å². The Balaban J connectivity index is 1.75. The van der Waals surface area contributed by atoms with Crippen molar-refractivity contribution >= 4 is 23.2 Å². The summed E-state index contributed by atoms with van der Waals surface area (Å²) in [5.74, 6) is 0.257. The van der Waals surface area contributed by atoms with Crippen LogP contribution >= 0.6 is 11.3 Å². The summed E-state index contributed by atoms with van der Waals surface area (Å²) in [4.78, 5) is 28.7. The van der Waals surface area contributed by atoms with Gasteiger partial charge in [-0.05, 0) is 31.2 Å². The molecule has 2 heterocycles. The van der Waals surface area contributed by atoms with E-state index in [4.69, 9.17) is 5.73 Å². The van der Waals surface area contributed by atoms with Crippen LogP contribution in [-0.2, 0) is 4.79 Å². The largest absolute Gasteiger partial charge is 0.339 e. The first-order valence-corrected chi connectivity index (χ1v) is 8.32. The molecule has 0 aliphatic carbocycles. The second kappa shape index (κ2) is 7.56. The second-order valence-corrected chi connectivity index (χ2v) is 6.47. The first kappa shape index (κ1) is 16.0. The molecular weight excluding hydrogens is 286 g/mol. The zero-order chi connectivity index (χ0) is 15.2. The average molecular weight is 309 g/mol. The van der Waals surface area contributed by atoms with Gasteiger partial charge in [-0.3, -0.25) is 9.59 Å². The highest BCUT2D eigenvalue weighted by molar-refractivity contribution is 7.12. The van der Waals surface area contributed by atoms with Gasteiger partial charge in [-0.25, -0.2) is 0 Å². The smallest absolute Gasteiger partial charge is 0.264 e. The van der Waals surface area contributed by atoms with Crippen molar-refractivity contribution in [3.63, 3.8) is 0 Å². The molecule has 1 saturated heterocycles. The molecule has 0 radical (unpaired) electrons. The fourth-order valence-corrected chi connectivity index (χ4v) is 3.14. The highest BCUT2D eigenvalue weighted by Crippen LogP contribution is 2.14. The van der Waals surface area contributed by atoms with Crippen LogP contribution in [0.5, 0.6) is 0 Å². The predicted octanol–water partition coefficient (Wildman–Crippen LogP) is 1.55. The summed E-state index contributed by atoms with van der Waals surface area (Å²) >= 11 is 1.46.